The van der Waals surface area contributed by atoms with E-state index in [2.05, 4.69) is 10.6 Å². The lowest BCUT2D eigenvalue weighted by atomic mass is 10.0. The third-order valence-electron chi connectivity index (χ3n) is 4.84. The second-order valence-electron chi connectivity index (χ2n) is 7.51. The van der Waals surface area contributed by atoms with Gasteiger partial charge in [0.05, 0.1) is 17.4 Å². The number of rotatable bonds is 9. The van der Waals surface area contributed by atoms with E-state index in [-0.39, 0.29) is 17.2 Å². The van der Waals surface area contributed by atoms with E-state index in [1.807, 2.05) is 6.07 Å². The first kappa shape index (κ1) is 24.7. The van der Waals surface area contributed by atoms with Crippen molar-refractivity contribution < 1.29 is 27.5 Å². The Bertz CT molecular complexity index is 1240. The molecule has 3 aromatic rings. The maximum absolute atomic E-state index is 12.6. The van der Waals surface area contributed by atoms with Gasteiger partial charge < -0.3 is 15.4 Å². The minimum atomic E-state index is -3.34. The summed E-state index contributed by atoms with van der Waals surface area (Å²) in [4.78, 5) is 37.3. The van der Waals surface area contributed by atoms with Gasteiger partial charge in [-0.1, -0.05) is 48.5 Å². The van der Waals surface area contributed by atoms with Crippen molar-refractivity contribution in [2.45, 2.75) is 17.4 Å². The molecular weight excluding hydrogens is 456 g/mol. The molecule has 0 aliphatic heterocycles. The molecular formula is C25H24N2O6S. The molecule has 0 saturated heterocycles. The van der Waals surface area contributed by atoms with Crippen LogP contribution in [0.3, 0.4) is 0 Å². The van der Waals surface area contributed by atoms with E-state index >= 15 is 0 Å². The van der Waals surface area contributed by atoms with Gasteiger partial charge in [-0.25, -0.2) is 8.42 Å². The maximum atomic E-state index is 12.6. The van der Waals surface area contributed by atoms with Gasteiger partial charge >= 0.3 is 5.97 Å². The molecule has 3 aromatic carbocycles. The molecule has 1 unspecified atom stereocenters. The van der Waals surface area contributed by atoms with E-state index in [4.69, 9.17) is 4.74 Å². The van der Waals surface area contributed by atoms with E-state index in [1.165, 1.54) is 24.3 Å². The molecule has 9 heteroatoms. The molecule has 0 aromatic heterocycles. The summed E-state index contributed by atoms with van der Waals surface area (Å²) in [5.41, 5.74) is 1.54. The Hall–Kier alpha value is -3.98. The summed E-state index contributed by atoms with van der Waals surface area (Å²) >= 11 is 0. The van der Waals surface area contributed by atoms with Crippen LogP contribution in [-0.2, 0) is 24.2 Å². The van der Waals surface area contributed by atoms with E-state index in [0.717, 1.165) is 11.8 Å². The Balaban J connectivity index is 1.57. The fraction of sp³-hybridized carbons (Fsp3) is 0.160. The second kappa shape index (κ2) is 11.2. The molecule has 34 heavy (non-hydrogen) atoms. The Kier molecular flexibility index (Phi) is 8.15. The Morgan fingerprint density at radius 1 is 0.853 bits per heavy atom. The average molecular weight is 481 g/mol. The first-order chi connectivity index (χ1) is 16.2. The molecule has 0 fully saturated rings. The van der Waals surface area contributed by atoms with Gasteiger partial charge in [-0.15, -0.1) is 0 Å². The summed E-state index contributed by atoms with van der Waals surface area (Å²) in [7, 11) is -3.34. The average Bonchev–Trinajstić information content (AvgIpc) is 2.83. The molecule has 0 radical (unpaired) electrons. The minimum Gasteiger partial charge on any atom is -0.455 e. The molecule has 8 nitrogen and oxygen atoms in total. The third kappa shape index (κ3) is 7.28. The van der Waals surface area contributed by atoms with Crippen LogP contribution in [0.1, 0.15) is 28.4 Å². The van der Waals surface area contributed by atoms with E-state index < -0.39 is 34.4 Å². The molecule has 0 heterocycles. The molecule has 176 valence electrons. The van der Waals surface area contributed by atoms with E-state index in [1.54, 1.807) is 54.6 Å². The fourth-order valence-corrected chi connectivity index (χ4v) is 3.75. The monoisotopic (exact) mass is 480 g/mol. The van der Waals surface area contributed by atoms with E-state index in [9.17, 15) is 22.8 Å². The maximum Gasteiger partial charge on any atom is 0.308 e. The number of nitrogens with one attached hydrogen (secondary N) is 2. The van der Waals surface area contributed by atoms with Gasteiger partial charge in [-0.3, -0.25) is 14.4 Å². The number of carbonyl (C=O) groups is 3. The summed E-state index contributed by atoms with van der Waals surface area (Å²) in [5.74, 6) is -1.58. The number of amides is 2. The second-order valence-corrected chi connectivity index (χ2v) is 9.53. The Morgan fingerprint density at radius 2 is 1.44 bits per heavy atom. The van der Waals surface area contributed by atoms with Crippen molar-refractivity contribution in [2.24, 2.45) is 0 Å². The van der Waals surface area contributed by atoms with Crippen molar-refractivity contribution in [3.05, 3.63) is 96.1 Å². The lowest BCUT2D eigenvalue weighted by Crippen LogP contribution is -2.31. The highest BCUT2D eigenvalue weighted by Gasteiger charge is 2.21. The van der Waals surface area contributed by atoms with Gasteiger partial charge in [0.2, 0.25) is 0 Å². The standard InChI is InChI=1S/C25H24N2O6S/c1-34(31,32)21-14-12-20(13-15-21)26-23(28)17-33-24(29)16-22(18-8-4-2-5-9-18)27-25(30)19-10-6-3-7-11-19/h2-15,22H,16-17H2,1H3,(H,26,28)(H,27,30). The summed E-state index contributed by atoms with van der Waals surface area (Å²) < 4.78 is 28.1. The van der Waals surface area contributed by atoms with E-state index in [0.29, 0.717) is 11.3 Å². The number of hydrogen-bond acceptors (Lipinski definition) is 6. The first-order valence-electron chi connectivity index (χ1n) is 10.4. The van der Waals surface area contributed by atoms with Crippen LogP contribution in [0.2, 0.25) is 0 Å². The number of carbonyl (C=O) groups excluding carboxylic acids is 3. The molecule has 2 N–H and O–H groups in total. The van der Waals surface area contributed by atoms with Gasteiger partial charge in [0.25, 0.3) is 11.8 Å². The number of anilines is 1. The minimum absolute atomic E-state index is 0.126. The summed E-state index contributed by atoms with van der Waals surface area (Å²) in [6.07, 6.45) is 0.921. The first-order valence-corrected chi connectivity index (χ1v) is 12.3. The summed E-state index contributed by atoms with van der Waals surface area (Å²) in [6.45, 7) is -0.527. The molecule has 2 amide bonds. The zero-order chi connectivity index (χ0) is 24.6. The number of ether oxygens (including phenoxy) is 1. The SMILES string of the molecule is CS(=O)(=O)c1ccc(NC(=O)COC(=O)CC(NC(=O)c2ccccc2)c2ccccc2)cc1. The van der Waals surface area contributed by atoms with Gasteiger partial charge in [0.15, 0.2) is 16.4 Å². The smallest absolute Gasteiger partial charge is 0.308 e. The molecule has 0 aliphatic rings. The Labute approximate surface area is 197 Å². The van der Waals surface area contributed by atoms with Crippen LogP contribution >= 0.6 is 0 Å². The molecule has 0 saturated carbocycles. The van der Waals surface area contributed by atoms with Gasteiger partial charge in [0.1, 0.15) is 0 Å². The highest BCUT2D eigenvalue weighted by Crippen LogP contribution is 2.18. The zero-order valence-electron chi connectivity index (χ0n) is 18.4. The number of sulfone groups is 1. The topological polar surface area (TPSA) is 119 Å². The fourth-order valence-electron chi connectivity index (χ4n) is 3.12. The number of benzene rings is 3. The molecule has 0 bridgehead atoms. The lowest BCUT2D eigenvalue weighted by Gasteiger charge is -2.19. The number of esters is 1. The van der Waals surface area contributed by atoms with Crippen molar-refractivity contribution >= 4 is 33.3 Å². The zero-order valence-corrected chi connectivity index (χ0v) is 19.2. The summed E-state index contributed by atoms with van der Waals surface area (Å²) in [5, 5.41) is 5.37. The van der Waals surface area contributed by atoms with Crippen LogP contribution < -0.4 is 10.6 Å². The van der Waals surface area contributed by atoms with Crippen LogP contribution in [0.5, 0.6) is 0 Å². The predicted octanol–water partition coefficient (Wildman–Crippen LogP) is 3.13. The third-order valence-corrected chi connectivity index (χ3v) is 5.97. The molecule has 0 spiro atoms. The van der Waals surface area contributed by atoms with Crippen molar-refractivity contribution in [2.75, 3.05) is 18.2 Å². The Morgan fingerprint density at radius 3 is 2.03 bits per heavy atom. The van der Waals surface area contributed by atoms with Gasteiger partial charge in [-0.2, -0.15) is 0 Å². The lowest BCUT2D eigenvalue weighted by molar-refractivity contribution is -0.147. The van der Waals surface area contributed by atoms with Crippen molar-refractivity contribution in [3.63, 3.8) is 0 Å². The summed E-state index contributed by atoms with van der Waals surface area (Å²) in [6, 6.07) is 22.6. The molecule has 0 aliphatic carbocycles. The van der Waals surface area contributed by atoms with Crippen LogP contribution in [-0.4, -0.2) is 39.1 Å². The highest BCUT2D eigenvalue weighted by atomic mass is 32.2. The largest absolute Gasteiger partial charge is 0.455 e. The number of hydrogen-bond donors (Lipinski definition) is 2. The van der Waals surface area contributed by atoms with Gasteiger partial charge in [0, 0.05) is 17.5 Å². The van der Waals surface area contributed by atoms with Gasteiger partial charge in [-0.05, 0) is 42.0 Å². The molecule has 3 rings (SSSR count). The quantitative estimate of drug-likeness (QED) is 0.454. The van der Waals surface area contributed by atoms with Crippen molar-refractivity contribution in [3.8, 4) is 0 Å². The normalized spacial score (nSPS) is 11.8. The van der Waals surface area contributed by atoms with Crippen molar-refractivity contribution in [1.82, 2.24) is 5.32 Å². The van der Waals surface area contributed by atoms with Crippen molar-refractivity contribution in [1.29, 1.82) is 0 Å². The highest BCUT2D eigenvalue weighted by molar-refractivity contribution is 7.90. The van der Waals surface area contributed by atoms with Crippen LogP contribution in [0.25, 0.3) is 0 Å². The van der Waals surface area contributed by atoms with Crippen LogP contribution in [0, 0.1) is 0 Å². The predicted molar refractivity (Wildman–Crippen MR) is 127 cm³/mol. The van der Waals surface area contributed by atoms with Crippen LogP contribution in [0.4, 0.5) is 5.69 Å². The molecule has 1 atom stereocenters. The van der Waals surface area contributed by atoms with Crippen LogP contribution in [0.15, 0.2) is 89.8 Å².